The van der Waals surface area contributed by atoms with Crippen molar-refractivity contribution in [2.24, 2.45) is 0 Å². The van der Waals surface area contributed by atoms with Crippen molar-refractivity contribution in [3.63, 3.8) is 0 Å². The van der Waals surface area contributed by atoms with E-state index in [0.717, 1.165) is 43.3 Å². The van der Waals surface area contributed by atoms with E-state index in [-0.39, 0.29) is 0 Å². The largest absolute Gasteiger partial charge is 0.481 e. The van der Waals surface area contributed by atoms with Crippen molar-refractivity contribution in [2.45, 2.75) is 31.8 Å². The van der Waals surface area contributed by atoms with Gasteiger partial charge in [-0.2, -0.15) is 0 Å². The molecule has 5 nitrogen and oxygen atoms in total. The Morgan fingerprint density at radius 1 is 1.06 bits per heavy atom. The first-order chi connectivity index (χ1) is 16.7. The van der Waals surface area contributed by atoms with Crippen LogP contribution in [0.1, 0.15) is 40.3 Å². The van der Waals surface area contributed by atoms with Gasteiger partial charge >= 0.3 is 0 Å². The first-order valence-corrected chi connectivity index (χ1v) is 12.5. The third kappa shape index (κ3) is 5.25. The summed E-state index contributed by atoms with van der Waals surface area (Å²) in [5, 5.41) is 13.7. The molecule has 0 aliphatic rings. The molecule has 0 spiro atoms. The molecule has 0 radical (unpaired) electrons. The van der Waals surface area contributed by atoms with E-state index in [1.165, 1.54) is 0 Å². The van der Waals surface area contributed by atoms with Gasteiger partial charge in [0.25, 0.3) is 0 Å². The topological polar surface area (TPSA) is 58.5 Å². The highest BCUT2D eigenvalue weighted by atomic mass is 79.9. The van der Waals surface area contributed by atoms with Gasteiger partial charge in [-0.25, -0.2) is 4.98 Å². The van der Waals surface area contributed by atoms with Gasteiger partial charge in [0, 0.05) is 45.3 Å². The Morgan fingerprint density at radius 3 is 2.54 bits per heavy atom. The van der Waals surface area contributed by atoms with Gasteiger partial charge in [0.15, 0.2) is 0 Å². The zero-order chi connectivity index (χ0) is 25.2. The van der Waals surface area contributed by atoms with Crippen molar-refractivity contribution in [1.29, 1.82) is 0 Å². The van der Waals surface area contributed by atoms with Crippen LogP contribution < -0.4 is 4.74 Å². The summed E-state index contributed by atoms with van der Waals surface area (Å²) < 4.78 is 6.82. The van der Waals surface area contributed by atoms with Gasteiger partial charge in [-0.05, 0) is 70.3 Å². The molecule has 0 saturated carbocycles. The standard InChI is InChI=1S/C29H32BrN3O2/c1-19-8-6-9-21(16-19)27(24-18-22-17-23(30)11-12-26(22)32-28(24)35-5)29(34,13-15-33(3)4)25-10-7-14-31-20(25)2/h6-12,14,16-18,27,34H,13,15H2,1-5H3. The molecule has 2 aromatic heterocycles. The number of ether oxygens (including phenoxy) is 1. The number of aryl methyl sites for hydroxylation is 2. The average molecular weight is 534 g/mol. The summed E-state index contributed by atoms with van der Waals surface area (Å²) in [4.78, 5) is 11.5. The van der Waals surface area contributed by atoms with Crippen LogP contribution in [-0.2, 0) is 5.60 Å². The second kappa shape index (κ2) is 10.4. The fourth-order valence-electron chi connectivity index (χ4n) is 4.85. The molecule has 2 aromatic carbocycles. The first-order valence-electron chi connectivity index (χ1n) is 11.7. The Bertz CT molecular complexity index is 1340. The summed E-state index contributed by atoms with van der Waals surface area (Å²) in [6, 6.07) is 20.3. The summed E-state index contributed by atoms with van der Waals surface area (Å²) in [6.45, 7) is 4.72. The summed E-state index contributed by atoms with van der Waals surface area (Å²) in [5.74, 6) is 0.0761. The highest BCUT2D eigenvalue weighted by Crippen LogP contribution is 2.48. The molecule has 0 saturated heterocycles. The third-order valence-electron chi connectivity index (χ3n) is 6.54. The van der Waals surface area contributed by atoms with Crippen LogP contribution in [0.3, 0.4) is 0 Å². The van der Waals surface area contributed by atoms with Gasteiger partial charge in [-0.1, -0.05) is 51.8 Å². The van der Waals surface area contributed by atoms with E-state index in [9.17, 15) is 5.11 Å². The van der Waals surface area contributed by atoms with Crippen LogP contribution in [0, 0.1) is 13.8 Å². The van der Waals surface area contributed by atoms with Crippen LogP contribution in [-0.4, -0.2) is 47.7 Å². The predicted molar refractivity (Wildman–Crippen MR) is 145 cm³/mol. The second-order valence-electron chi connectivity index (χ2n) is 9.38. The predicted octanol–water partition coefficient (Wildman–Crippen LogP) is 5.99. The van der Waals surface area contributed by atoms with E-state index < -0.39 is 11.5 Å². The molecule has 6 heteroatoms. The zero-order valence-corrected chi connectivity index (χ0v) is 22.5. The Hall–Kier alpha value is -2.80. The van der Waals surface area contributed by atoms with Gasteiger partial charge in [0.05, 0.1) is 12.6 Å². The molecule has 0 bridgehead atoms. The van der Waals surface area contributed by atoms with E-state index in [1.807, 2.05) is 57.4 Å². The molecule has 1 N–H and O–H groups in total. The Balaban J connectivity index is 2.06. The molecule has 4 rings (SSSR count). The lowest BCUT2D eigenvalue weighted by Gasteiger charge is -2.39. The van der Waals surface area contributed by atoms with Crippen molar-refractivity contribution in [3.05, 3.63) is 99.3 Å². The number of benzene rings is 2. The number of methoxy groups -OCH3 is 1. The van der Waals surface area contributed by atoms with E-state index in [0.29, 0.717) is 18.8 Å². The number of hydrogen-bond donors (Lipinski definition) is 1. The lowest BCUT2D eigenvalue weighted by Crippen LogP contribution is -2.38. The SMILES string of the molecule is COc1nc2ccc(Br)cc2cc1C(c1cccc(C)c1)C(O)(CCN(C)C)c1cccnc1C. The summed E-state index contributed by atoms with van der Waals surface area (Å²) in [7, 11) is 5.68. The van der Waals surface area contributed by atoms with Gasteiger partial charge in [-0.3, -0.25) is 4.98 Å². The number of hydrogen-bond acceptors (Lipinski definition) is 5. The molecule has 0 fully saturated rings. The van der Waals surface area contributed by atoms with Crippen LogP contribution in [0.15, 0.2) is 71.3 Å². The summed E-state index contributed by atoms with van der Waals surface area (Å²) >= 11 is 3.59. The van der Waals surface area contributed by atoms with Gasteiger partial charge < -0.3 is 14.7 Å². The zero-order valence-electron chi connectivity index (χ0n) is 20.9. The Kier molecular flexibility index (Phi) is 7.55. The molecule has 2 atom stereocenters. The number of nitrogens with zero attached hydrogens (tertiary/aromatic N) is 3. The molecule has 182 valence electrons. The fourth-order valence-corrected chi connectivity index (χ4v) is 5.23. The van der Waals surface area contributed by atoms with Crippen molar-refractivity contribution in [3.8, 4) is 5.88 Å². The molecular formula is C29H32BrN3O2. The van der Waals surface area contributed by atoms with Crippen LogP contribution in [0.4, 0.5) is 0 Å². The van der Waals surface area contributed by atoms with Gasteiger partial charge in [0.1, 0.15) is 5.60 Å². The maximum Gasteiger partial charge on any atom is 0.217 e. The minimum atomic E-state index is -1.26. The molecule has 2 heterocycles. The van der Waals surface area contributed by atoms with Crippen LogP contribution in [0.25, 0.3) is 10.9 Å². The van der Waals surface area contributed by atoms with Crippen LogP contribution >= 0.6 is 15.9 Å². The second-order valence-corrected chi connectivity index (χ2v) is 10.3. The van der Waals surface area contributed by atoms with Crippen molar-refractivity contribution < 1.29 is 9.84 Å². The third-order valence-corrected chi connectivity index (χ3v) is 7.03. The molecule has 0 aliphatic carbocycles. The number of aromatic nitrogens is 2. The Morgan fingerprint density at radius 2 is 1.86 bits per heavy atom. The molecule has 0 aliphatic heterocycles. The number of fused-ring (bicyclic) bond motifs is 1. The van der Waals surface area contributed by atoms with E-state index in [4.69, 9.17) is 9.72 Å². The van der Waals surface area contributed by atoms with Crippen molar-refractivity contribution in [2.75, 3.05) is 27.7 Å². The van der Waals surface area contributed by atoms with Gasteiger partial charge in [-0.15, -0.1) is 0 Å². The van der Waals surface area contributed by atoms with Crippen molar-refractivity contribution in [1.82, 2.24) is 14.9 Å². The van der Waals surface area contributed by atoms with E-state index >= 15 is 0 Å². The highest BCUT2D eigenvalue weighted by molar-refractivity contribution is 9.10. The minimum absolute atomic E-state index is 0.434. The number of halogens is 1. The number of pyridine rings is 2. The number of aliphatic hydroxyl groups is 1. The van der Waals surface area contributed by atoms with E-state index in [2.05, 4.69) is 57.0 Å². The fraction of sp³-hybridized carbons (Fsp3) is 0.310. The monoisotopic (exact) mass is 533 g/mol. The quantitative estimate of drug-likeness (QED) is 0.301. The molecule has 0 amide bonds. The molecule has 4 aromatic rings. The van der Waals surface area contributed by atoms with Gasteiger partial charge in [0.2, 0.25) is 5.88 Å². The molecule has 2 unspecified atom stereocenters. The average Bonchev–Trinajstić information content (AvgIpc) is 2.82. The summed E-state index contributed by atoms with van der Waals surface area (Å²) in [6.07, 6.45) is 2.27. The highest BCUT2D eigenvalue weighted by Gasteiger charge is 2.43. The minimum Gasteiger partial charge on any atom is -0.481 e. The Labute approximate surface area is 215 Å². The summed E-state index contributed by atoms with van der Waals surface area (Å²) in [5.41, 5.74) is 4.17. The smallest absolute Gasteiger partial charge is 0.217 e. The lowest BCUT2D eigenvalue weighted by molar-refractivity contribution is 0.00288. The maximum atomic E-state index is 12.8. The normalized spacial score (nSPS) is 14.2. The lowest BCUT2D eigenvalue weighted by atomic mass is 9.71. The van der Waals surface area contributed by atoms with Crippen LogP contribution in [0.2, 0.25) is 0 Å². The van der Waals surface area contributed by atoms with Crippen LogP contribution in [0.5, 0.6) is 5.88 Å². The molecule has 35 heavy (non-hydrogen) atoms. The maximum absolute atomic E-state index is 12.8. The first kappa shape index (κ1) is 25.3. The van der Waals surface area contributed by atoms with E-state index in [1.54, 1.807) is 13.3 Å². The molecular weight excluding hydrogens is 502 g/mol. The number of rotatable bonds is 8. The van der Waals surface area contributed by atoms with Crippen molar-refractivity contribution >= 4 is 26.8 Å².